The monoisotopic (exact) mass is 413 g/mol. The van der Waals surface area contributed by atoms with Gasteiger partial charge in [0.05, 0.1) is 7.11 Å². The molecule has 0 aromatic heterocycles. The average Bonchev–Trinajstić information content (AvgIpc) is 2.75. The number of hydrogen-bond acceptors (Lipinski definition) is 6. The lowest BCUT2D eigenvalue weighted by atomic mass is 10.0. The van der Waals surface area contributed by atoms with E-state index in [1.54, 1.807) is 38.1 Å². The summed E-state index contributed by atoms with van der Waals surface area (Å²) in [6.07, 6.45) is -1.74. The van der Waals surface area contributed by atoms with Crippen LogP contribution in [0.25, 0.3) is 0 Å². The molecule has 7 nitrogen and oxygen atoms in total. The molecule has 0 spiro atoms. The Morgan fingerprint density at radius 1 is 0.933 bits per heavy atom. The van der Waals surface area contributed by atoms with Crippen molar-refractivity contribution in [2.45, 2.75) is 39.5 Å². The zero-order valence-electron chi connectivity index (χ0n) is 17.6. The lowest BCUT2D eigenvalue weighted by Crippen LogP contribution is -2.46. The van der Waals surface area contributed by atoms with E-state index in [0.717, 1.165) is 5.56 Å². The number of carbonyl (C=O) groups excluding carboxylic acids is 3. The van der Waals surface area contributed by atoms with Crippen LogP contribution < -0.4 is 10.1 Å². The molecular formula is C23H27NO6. The van der Waals surface area contributed by atoms with Crippen molar-refractivity contribution in [1.29, 1.82) is 0 Å². The lowest BCUT2D eigenvalue weighted by molar-refractivity contribution is -0.149. The maximum absolute atomic E-state index is 12.6. The van der Waals surface area contributed by atoms with Gasteiger partial charge in [0, 0.05) is 5.56 Å². The molecule has 2 aromatic carbocycles. The van der Waals surface area contributed by atoms with Crippen molar-refractivity contribution in [2.24, 2.45) is 5.92 Å². The van der Waals surface area contributed by atoms with Crippen molar-refractivity contribution in [2.75, 3.05) is 7.11 Å². The number of esters is 1. The Morgan fingerprint density at radius 3 is 2.13 bits per heavy atom. The molecule has 0 heterocycles. The molecule has 0 bridgehead atoms. The van der Waals surface area contributed by atoms with Crippen LogP contribution in [0.5, 0.6) is 5.75 Å². The fourth-order valence-electron chi connectivity index (χ4n) is 2.68. The van der Waals surface area contributed by atoms with E-state index in [1.165, 1.54) is 14.0 Å². The normalized spacial score (nSPS) is 12.6. The van der Waals surface area contributed by atoms with Crippen molar-refractivity contribution in [3.8, 4) is 5.75 Å². The minimum atomic E-state index is -1.01. The second kappa shape index (κ2) is 11.0. The molecule has 0 unspecified atom stereocenters. The number of Topliss-reactive ketones (excluding diaryl/α,β-unsaturated/α-hetero) is 1. The van der Waals surface area contributed by atoms with E-state index >= 15 is 0 Å². The highest BCUT2D eigenvalue weighted by molar-refractivity contribution is 6.00. The van der Waals surface area contributed by atoms with Crippen LogP contribution in [0.3, 0.4) is 0 Å². The summed E-state index contributed by atoms with van der Waals surface area (Å²) < 4.78 is 15.6. The molecule has 30 heavy (non-hydrogen) atoms. The molecule has 0 fully saturated rings. The highest BCUT2D eigenvalue weighted by Gasteiger charge is 2.29. The third-order valence-electron chi connectivity index (χ3n) is 4.44. The van der Waals surface area contributed by atoms with Crippen LogP contribution in [0.15, 0.2) is 54.6 Å². The van der Waals surface area contributed by atoms with E-state index in [-0.39, 0.29) is 18.3 Å². The van der Waals surface area contributed by atoms with E-state index in [2.05, 4.69) is 5.32 Å². The van der Waals surface area contributed by atoms with Crippen molar-refractivity contribution in [3.63, 3.8) is 0 Å². The lowest BCUT2D eigenvalue weighted by Gasteiger charge is -2.22. The number of carbonyl (C=O) groups is 3. The standard InChI is InChI=1S/C23H27NO6/c1-15(2)20(24-23(27)29-14-17-8-6-5-7-9-17)22(26)30-16(3)21(25)18-10-12-19(28-4)13-11-18/h5-13,15-16,20H,14H2,1-4H3,(H,24,27)/t16-,20+/m1/s1. The van der Waals surface area contributed by atoms with Crippen LogP contribution in [0.1, 0.15) is 36.7 Å². The largest absolute Gasteiger partial charge is 0.497 e. The number of hydrogen-bond donors (Lipinski definition) is 1. The Balaban J connectivity index is 1.93. The first-order valence-corrected chi connectivity index (χ1v) is 9.67. The number of benzene rings is 2. The van der Waals surface area contributed by atoms with E-state index in [4.69, 9.17) is 14.2 Å². The molecular weight excluding hydrogens is 386 g/mol. The predicted molar refractivity (Wildman–Crippen MR) is 111 cm³/mol. The van der Waals surface area contributed by atoms with Gasteiger partial charge in [0.1, 0.15) is 18.4 Å². The highest BCUT2D eigenvalue weighted by Crippen LogP contribution is 2.15. The van der Waals surface area contributed by atoms with Crippen molar-refractivity contribution < 1.29 is 28.6 Å². The predicted octanol–water partition coefficient (Wildman–Crippen LogP) is 3.76. The Morgan fingerprint density at radius 2 is 1.57 bits per heavy atom. The van der Waals surface area contributed by atoms with E-state index in [9.17, 15) is 14.4 Å². The molecule has 160 valence electrons. The molecule has 2 atom stereocenters. The van der Waals surface area contributed by atoms with Crippen molar-refractivity contribution in [3.05, 3.63) is 65.7 Å². The number of rotatable bonds is 9. The molecule has 0 aliphatic rings. The van der Waals surface area contributed by atoms with Crippen molar-refractivity contribution >= 4 is 17.8 Å². The second-order valence-corrected chi connectivity index (χ2v) is 7.10. The summed E-state index contributed by atoms with van der Waals surface area (Å²) in [5.41, 5.74) is 1.22. The molecule has 0 aliphatic heterocycles. The van der Waals surface area contributed by atoms with Crippen LogP contribution in [-0.4, -0.2) is 37.1 Å². The summed E-state index contributed by atoms with van der Waals surface area (Å²) in [6.45, 7) is 5.10. The average molecular weight is 413 g/mol. The van der Waals surface area contributed by atoms with E-state index < -0.39 is 24.2 Å². The second-order valence-electron chi connectivity index (χ2n) is 7.10. The van der Waals surface area contributed by atoms with Crippen LogP contribution in [0, 0.1) is 5.92 Å². The first kappa shape index (κ1) is 22.9. The van der Waals surface area contributed by atoms with Crippen LogP contribution in [0.2, 0.25) is 0 Å². The van der Waals surface area contributed by atoms with Gasteiger partial charge in [-0.1, -0.05) is 44.2 Å². The summed E-state index contributed by atoms with van der Waals surface area (Å²) in [5, 5.41) is 2.52. The van der Waals surface area contributed by atoms with Gasteiger partial charge in [-0.3, -0.25) is 4.79 Å². The van der Waals surface area contributed by atoms with E-state index in [1.807, 2.05) is 30.3 Å². The molecule has 1 amide bonds. The van der Waals surface area contributed by atoms with E-state index in [0.29, 0.717) is 11.3 Å². The molecule has 2 aromatic rings. The minimum absolute atomic E-state index is 0.0822. The Bertz CT molecular complexity index is 848. The summed E-state index contributed by atoms with van der Waals surface area (Å²) in [6, 6.07) is 14.8. The molecule has 7 heteroatoms. The molecule has 0 aliphatic carbocycles. The fourth-order valence-corrected chi connectivity index (χ4v) is 2.68. The highest BCUT2D eigenvalue weighted by atomic mass is 16.6. The molecule has 2 rings (SSSR count). The van der Waals surface area contributed by atoms with Crippen LogP contribution >= 0.6 is 0 Å². The Kier molecular flexibility index (Phi) is 8.41. The summed E-state index contributed by atoms with van der Waals surface area (Å²) in [7, 11) is 1.53. The number of alkyl carbamates (subject to hydrolysis) is 1. The zero-order valence-corrected chi connectivity index (χ0v) is 17.6. The fraction of sp³-hybridized carbons (Fsp3) is 0.348. The Hall–Kier alpha value is -3.35. The van der Waals surface area contributed by atoms with Gasteiger partial charge in [0.15, 0.2) is 6.10 Å². The summed E-state index contributed by atoms with van der Waals surface area (Å²) >= 11 is 0. The molecule has 0 saturated heterocycles. The van der Waals surface area contributed by atoms with Gasteiger partial charge in [-0.25, -0.2) is 9.59 Å². The third kappa shape index (κ3) is 6.62. The van der Waals surface area contributed by atoms with Crippen LogP contribution in [-0.2, 0) is 20.9 Å². The van der Waals surface area contributed by atoms with Crippen LogP contribution in [0.4, 0.5) is 4.79 Å². The topological polar surface area (TPSA) is 90.9 Å². The molecule has 0 saturated carbocycles. The molecule has 1 N–H and O–H groups in total. The van der Waals surface area contributed by atoms with Gasteiger partial charge in [-0.05, 0) is 42.7 Å². The minimum Gasteiger partial charge on any atom is -0.497 e. The summed E-state index contributed by atoms with van der Waals surface area (Å²) in [4.78, 5) is 37.2. The Labute approximate surface area is 176 Å². The third-order valence-corrected chi connectivity index (χ3v) is 4.44. The van der Waals surface area contributed by atoms with Gasteiger partial charge in [-0.15, -0.1) is 0 Å². The van der Waals surface area contributed by atoms with Gasteiger partial charge >= 0.3 is 12.1 Å². The number of ketones is 1. The smallest absolute Gasteiger partial charge is 0.408 e. The SMILES string of the molecule is COc1ccc(C(=O)[C@@H](C)OC(=O)[C@@H](NC(=O)OCc2ccccc2)C(C)C)cc1. The quantitative estimate of drug-likeness (QED) is 0.497. The van der Waals surface area contributed by atoms with Gasteiger partial charge in [-0.2, -0.15) is 0 Å². The molecule has 0 radical (unpaired) electrons. The van der Waals surface area contributed by atoms with Gasteiger partial charge in [0.25, 0.3) is 0 Å². The maximum Gasteiger partial charge on any atom is 0.408 e. The first-order chi connectivity index (χ1) is 14.3. The number of methoxy groups -OCH3 is 1. The van der Waals surface area contributed by atoms with Gasteiger partial charge < -0.3 is 19.5 Å². The number of nitrogens with one attached hydrogen (secondary N) is 1. The van der Waals surface area contributed by atoms with Crippen molar-refractivity contribution in [1.82, 2.24) is 5.32 Å². The zero-order chi connectivity index (χ0) is 22.1. The first-order valence-electron chi connectivity index (χ1n) is 9.67. The number of ether oxygens (including phenoxy) is 3. The van der Waals surface area contributed by atoms with Gasteiger partial charge in [0.2, 0.25) is 5.78 Å². The number of amides is 1. The summed E-state index contributed by atoms with van der Waals surface area (Å²) in [5.74, 6) is -0.685. The maximum atomic E-state index is 12.6.